The first-order valence-corrected chi connectivity index (χ1v) is 8.90. The van der Waals surface area contributed by atoms with E-state index in [2.05, 4.69) is 0 Å². The van der Waals surface area contributed by atoms with Gasteiger partial charge in [-0.05, 0) is 48.4 Å². The summed E-state index contributed by atoms with van der Waals surface area (Å²) in [7, 11) is 0. The maximum absolute atomic E-state index is 13.1. The van der Waals surface area contributed by atoms with Crippen LogP contribution in [0.25, 0.3) is 0 Å². The summed E-state index contributed by atoms with van der Waals surface area (Å²) in [5.41, 5.74) is -3.67. The van der Waals surface area contributed by atoms with Gasteiger partial charge in [-0.1, -0.05) is 12.1 Å². The predicted molar refractivity (Wildman–Crippen MR) is 94.7 cm³/mol. The molecule has 0 aliphatic heterocycles. The van der Waals surface area contributed by atoms with Gasteiger partial charge in [-0.15, -0.1) is 0 Å². The lowest BCUT2D eigenvalue weighted by Crippen LogP contribution is -2.29. The molecule has 2 rings (SSSR count). The van der Waals surface area contributed by atoms with Crippen LogP contribution in [0.4, 0.5) is 30.7 Å². The highest BCUT2D eigenvalue weighted by Crippen LogP contribution is 2.38. The first-order chi connectivity index (χ1) is 14.7. The van der Waals surface area contributed by atoms with Crippen molar-refractivity contribution in [1.82, 2.24) is 0 Å². The minimum Gasteiger partial charge on any atom is -0.480 e. The topological polar surface area (TPSA) is 76.0 Å². The smallest absolute Gasteiger partial charge is 0.416 e. The van der Waals surface area contributed by atoms with Gasteiger partial charge in [0.15, 0.2) is 6.29 Å². The van der Waals surface area contributed by atoms with E-state index in [4.69, 9.17) is 14.6 Å². The summed E-state index contributed by atoms with van der Waals surface area (Å²) in [5, 5.41) is 19.2. The second-order valence-electron chi connectivity index (χ2n) is 6.69. The van der Waals surface area contributed by atoms with E-state index in [-0.39, 0.29) is 11.6 Å². The summed E-state index contributed by atoms with van der Waals surface area (Å²) in [6, 6.07) is 5.02. The zero-order valence-corrected chi connectivity index (χ0v) is 16.2. The van der Waals surface area contributed by atoms with E-state index in [0.29, 0.717) is 12.1 Å². The van der Waals surface area contributed by atoms with Crippen LogP contribution in [-0.4, -0.2) is 29.1 Å². The van der Waals surface area contributed by atoms with E-state index < -0.39 is 65.9 Å². The van der Waals surface area contributed by atoms with E-state index in [9.17, 15) is 40.6 Å². The third-order valence-electron chi connectivity index (χ3n) is 4.26. The van der Waals surface area contributed by atoms with Crippen LogP contribution < -0.4 is 0 Å². The van der Waals surface area contributed by atoms with Crippen molar-refractivity contribution < 1.29 is 55.2 Å². The van der Waals surface area contributed by atoms with Crippen molar-refractivity contribution in [3.63, 3.8) is 0 Å². The molecule has 3 atom stereocenters. The Morgan fingerprint density at radius 3 is 1.88 bits per heavy atom. The number of carboxylic acids is 1. The normalized spacial score (nSPS) is 15.3. The Hall–Kier alpha value is -2.70. The van der Waals surface area contributed by atoms with Gasteiger partial charge in [0, 0.05) is 0 Å². The molecule has 0 aliphatic carbocycles. The summed E-state index contributed by atoms with van der Waals surface area (Å²) in [6.07, 6.45) is -15.2. The zero-order valence-electron chi connectivity index (χ0n) is 16.2. The van der Waals surface area contributed by atoms with Crippen molar-refractivity contribution in [2.75, 3.05) is 6.61 Å². The van der Waals surface area contributed by atoms with Crippen LogP contribution in [0.2, 0.25) is 0 Å². The van der Waals surface area contributed by atoms with Crippen LogP contribution in [0.5, 0.6) is 0 Å². The molecule has 2 N–H and O–H groups in total. The van der Waals surface area contributed by atoms with Crippen LogP contribution in [0.1, 0.15) is 41.4 Å². The van der Waals surface area contributed by atoms with Crippen LogP contribution in [0.3, 0.4) is 0 Å². The second kappa shape index (κ2) is 9.84. The molecule has 0 bridgehead atoms. The predicted octanol–water partition coefficient (Wildman–Crippen LogP) is 5.10. The molecule has 2 aromatic carbocycles. The molecule has 0 aliphatic rings. The van der Waals surface area contributed by atoms with E-state index >= 15 is 0 Å². The van der Waals surface area contributed by atoms with Crippen molar-refractivity contribution in [3.05, 3.63) is 70.5 Å². The maximum atomic E-state index is 13.1. The van der Waals surface area contributed by atoms with Crippen LogP contribution >= 0.6 is 0 Å². The number of hydrogen-bond acceptors (Lipinski definition) is 4. The van der Waals surface area contributed by atoms with E-state index in [0.717, 1.165) is 31.2 Å². The van der Waals surface area contributed by atoms with Gasteiger partial charge in [0.25, 0.3) is 0 Å². The zero-order chi connectivity index (χ0) is 24.3. The van der Waals surface area contributed by atoms with Gasteiger partial charge in [0.05, 0.1) is 17.2 Å². The number of carboxylic acid groups (broad SMARTS) is 1. The average molecular weight is 470 g/mol. The molecule has 0 saturated heterocycles. The summed E-state index contributed by atoms with van der Waals surface area (Å²) < 4.78 is 102. The van der Waals surface area contributed by atoms with Gasteiger partial charge in [-0.25, -0.2) is 9.18 Å². The van der Waals surface area contributed by atoms with E-state index in [1.807, 2.05) is 0 Å². The fourth-order valence-corrected chi connectivity index (χ4v) is 2.67. The molecule has 5 nitrogen and oxygen atoms in total. The van der Waals surface area contributed by atoms with E-state index in [1.165, 1.54) is 0 Å². The molecule has 0 aromatic heterocycles. The molecule has 0 fully saturated rings. The molecule has 32 heavy (non-hydrogen) atoms. The quantitative estimate of drug-likeness (QED) is 0.415. The van der Waals surface area contributed by atoms with E-state index in [1.54, 1.807) is 0 Å². The minimum absolute atomic E-state index is 0.00834. The van der Waals surface area contributed by atoms with Gasteiger partial charge < -0.3 is 19.7 Å². The number of aliphatic hydroxyl groups excluding tert-OH is 1. The Morgan fingerprint density at radius 1 is 0.938 bits per heavy atom. The lowest BCUT2D eigenvalue weighted by Gasteiger charge is -2.27. The average Bonchev–Trinajstić information content (AvgIpc) is 2.69. The van der Waals surface area contributed by atoms with Crippen molar-refractivity contribution in [3.8, 4) is 0 Å². The number of aliphatic hydroxyl groups is 1. The maximum Gasteiger partial charge on any atom is 0.416 e. The Bertz CT molecular complexity index is 893. The lowest BCUT2D eigenvalue weighted by atomic mass is 10.0. The summed E-state index contributed by atoms with van der Waals surface area (Å²) >= 11 is 0. The van der Waals surface area contributed by atoms with Gasteiger partial charge in [0.2, 0.25) is 0 Å². The number of benzene rings is 2. The van der Waals surface area contributed by atoms with Gasteiger partial charge >= 0.3 is 18.3 Å². The van der Waals surface area contributed by atoms with Gasteiger partial charge in [0.1, 0.15) is 18.5 Å². The van der Waals surface area contributed by atoms with Gasteiger partial charge in [-0.2, -0.15) is 26.3 Å². The first kappa shape index (κ1) is 25.6. The Morgan fingerprint density at radius 2 is 1.44 bits per heavy atom. The number of hydrogen-bond donors (Lipinski definition) is 2. The molecule has 2 aromatic rings. The number of halogens is 7. The van der Waals surface area contributed by atoms with Crippen molar-refractivity contribution in [2.45, 2.75) is 37.8 Å². The monoisotopic (exact) mass is 470 g/mol. The van der Waals surface area contributed by atoms with Crippen molar-refractivity contribution in [2.24, 2.45) is 0 Å². The first-order valence-electron chi connectivity index (χ1n) is 8.90. The summed E-state index contributed by atoms with van der Waals surface area (Å²) in [5.74, 6) is -2.13. The van der Waals surface area contributed by atoms with Gasteiger partial charge in [-0.3, -0.25) is 0 Å². The summed E-state index contributed by atoms with van der Waals surface area (Å²) in [4.78, 5) is 10.8. The SMILES string of the molecule is C[C@@H](O[C@H](OCC(=O)O)C(O)c1ccc(F)cc1)c1cc(C(F)(F)F)cc(C(F)(F)F)c1. The molecule has 12 heteroatoms. The fraction of sp³-hybridized carbons (Fsp3) is 0.350. The molecule has 0 saturated carbocycles. The summed E-state index contributed by atoms with van der Waals surface area (Å²) in [6.45, 7) is 0.107. The third-order valence-corrected chi connectivity index (χ3v) is 4.26. The molecule has 0 amide bonds. The molecule has 176 valence electrons. The number of carbonyl (C=O) groups is 1. The third kappa shape index (κ3) is 6.90. The standard InChI is InChI=1S/C20H17F7O5/c1-10(12-6-13(19(22,23)24)8-14(7-12)20(25,26)27)32-18(31-9-16(28)29)17(30)11-2-4-15(21)5-3-11/h2-8,10,17-18,30H,9H2,1H3,(H,28,29)/t10-,17?,18+/m1/s1. The largest absolute Gasteiger partial charge is 0.480 e. The van der Waals surface area contributed by atoms with Crippen LogP contribution in [-0.2, 0) is 26.6 Å². The minimum atomic E-state index is -5.08. The molecular formula is C20H17F7O5. The second-order valence-corrected chi connectivity index (χ2v) is 6.69. The fourth-order valence-electron chi connectivity index (χ4n) is 2.67. The van der Waals surface area contributed by atoms with Crippen LogP contribution in [0, 0.1) is 5.82 Å². The molecular weight excluding hydrogens is 453 g/mol. The molecule has 0 spiro atoms. The Labute approximate surface area is 177 Å². The number of rotatable bonds is 8. The lowest BCUT2D eigenvalue weighted by molar-refractivity contribution is -0.220. The Balaban J connectivity index is 2.38. The number of alkyl halides is 6. The molecule has 0 radical (unpaired) electrons. The highest BCUT2D eigenvalue weighted by atomic mass is 19.4. The number of ether oxygens (including phenoxy) is 2. The molecule has 1 unspecified atom stereocenters. The molecule has 0 heterocycles. The van der Waals surface area contributed by atoms with Crippen LogP contribution in [0.15, 0.2) is 42.5 Å². The Kier molecular flexibility index (Phi) is 7.86. The van der Waals surface area contributed by atoms with Crippen molar-refractivity contribution >= 4 is 5.97 Å². The van der Waals surface area contributed by atoms with Crippen molar-refractivity contribution in [1.29, 1.82) is 0 Å². The number of aliphatic carboxylic acids is 1. The highest BCUT2D eigenvalue weighted by molar-refractivity contribution is 5.68. The highest BCUT2D eigenvalue weighted by Gasteiger charge is 2.38.